The van der Waals surface area contributed by atoms with Crippen molar-refractivity contribution in [3.63, 3.8) is 0 Å². The Kier molecular flexibility index (Phi) is 4.34. The molecule has 0 radical (unpaired) electrons. The summed E-state index contributed by atoms with van der Waals surface area (Å²) in [7, 11) is 0. The molecule has 1 aromatic carbocycles. The molecule has 1 aliphatic carbocycles. The summed E-state index contributed by atoms with van der Waals surface area (Å²) < 4.78 is 57.3. The van der Waals surface area contributed by atoms with Crippen LogP contribution in [0.2, 0.25) is 0 Å². The van der Waals surface area contributed by atoms with Gasteiger partial charge in [-0.25, -0.2) is 13.9 Å². The van der Waals surface area contributed by atoms with Crippen LogP contribution in [0.4, 0.5) is 23.4 Å². The molecule has 0 bridgehead atoms. The van der Waals surface area contributed by atoms with Gasteiger partial charge < -0.3 is 9.88 Å². The molecule has 1 N–H and O–H groups in total. The van der Waals surface area contributed by atoms with Gasteiger partial charge in [-0.2, -0.15) is 18.3 Å². The minimum atomic E-state index is -4.79. The molecule has 32 heavy (non-hydrogen) atoms. The summed E-state index contributed by atoms with van der Waals surface area (Å²) >= 11 is 0. The number of alkyl halides is 3. The minimum Gasteiger partial charge on any atom is -0.363 e. The van der Waals surface area contributed by atoms with Gasteiger partial charge in [0.05, 0.1) is 28.7 Å². The van der Waals surface area contributed by atoms with Crippen molar-refractivity contribution in [3.05, 3.63) is 70.0 Å². The van der Waals surface area contributed by atoms with Gasteiger partial charge >= 0.3 is 6.18 Å². The first kappa shape index (κ1) is 20.5. The van der Waals surface area contributed by atoms with E-state index >= 15 is 0 Å². The number of hydrogen-bond donors (Lipinski definition) is 1. The molecule has 6 nitrogen and oxygen atoms in total. The molecule has 10 heteroatoms. The average Bonchev–Trinajstić information content (AvgIpc) is 3.28. The highest BCUT2D eigenvalue weighted by atomic mass is 19.4. The molecule has 3 heterocycles. The van der Waals surface area contributed by atoms with Gasteiger partial charge in [-0.05, 0) is 32.8 Å². The first-order chi connectivity index (χ1) is 15.1. The van der Waals surface area contributed by atoms with Crippen LogP contribution < -0.4 is 10.9 Å². The largest absolute Gasteiger partial charge is 0.419 e. The number of hydrogen-bond acceptors (Lipinski definition) is 4. The second-order valence-corrected chi connectivity index (χ2v) is 8.41. The second kappa shape index (κ2) is 6.78. The fraction of sp³-hybridized carbons (Fsp3) is 0.318. The summed E-state index contributed by atoms with van der Waals surface area (Å²) in [6.45, 7) is 3.54. The molecule has 0 aliphatic heterocycles. The van der Waals surface area contributed by atoms with Crippen molar-refractivity contribution in [2.75, 3.05) is 5.32 Å². The Morgan fingerprint density at radius 3 is 2.66 bits per heavy atom. The third kappa shape index (κ3) is 3.21. The van der Waals surface area contributed by atoms with Crippen molar-refractivity contribution >= 4 is 22.4 Å². The zero-order valence-corrected chi connectivity index (χ0v) is 17.2. The summed E-state index contributed by atoms with van der Waals surface area (Å²) in [5, 5.41) is 7.83. The van der Waals surface area contributed by atoms with E-state index in [-0.39, 0.29) is 16.7 Å². The van der Waals surface area contributed by atoms with E-state index in [2.05, 4.69) is 15.4 Å². The molecule has 0 spiro atoms. The zero-order valence-electron chi connectivity index (χ0n) is 17.2. The summed E-state index contributed by atoms with van der Waals surface area (Å²) in [6.07, 6.45) is 0.164. The van der Waals surface area contributed by atoms with E-state index in [0.29, 0.717) is 28.4 Å². The molecule has 1 fully saturated rings. The van der Waals surface area contributed by atoms with E-state index in [1.54, 1.807) is 23.8 Å². The third-order valence-corrected chi connectivity index (χ3v) is 6.07. The van der Waals surface area contributed by atoms with Crippen LogP contribution in [-0.4, -0.2) is 19.2 Å². The standard InChI is InChI=1S/C22H19F4N5O/c1-12(13-4-3-5-15(19(13)23)22(24,25)26)28-20-14-11-30(21(2)7-8-21)18(32)10-16(14)31-17(29-20)6-9-27-31/h3-6,9-12H,7-8H2,1-2H3,(H,28,29)/t12-/m1/s1. The van der Waals surface area contributed by atoms with E-state index in [4.69, 9.17) is 0 Å². The number of fused-ring (bicyclic) bond motifs is 3. The molecule has 1 atom stereocenters. The number of pyridine rings is 1. The van der Waals surface area contributed by atoms with Crippen molar-refractivity contribution in [3.8, 4) is 0 Å². The van der Waals surface area contributed by atoms with Gasteiger partial charge in [0.1, 0.15) is 11.6 Å². The molecular weight excluding hydrogens is 426 g/mol. The fourth-order valence-electron chi connectivity index (χ4n) is 3.96. The highest BCUT2D eigenvalue weighted by Gasteiger charge is 2.40. The van der Waals surface area contributed by atoms with Crippen LogP contribution in [0.5, 0.6) is 0 Å². The van der Waals surface area contributed by atoms with Crippen LogP contribution in [0.25, 0.3) is 16.6 Å². The Labute approximate surface area is 179 Å². The lowest BCUT2D eigenvalue weighted by molar-refractivity contribution is -0.140. The quantitative estimate of drug-likeness (QED) is 0.455. The minimum absolute atomic E-state index is 0.134. The lowest BCUT2D eigenvalue weighted by atomic mass is 10.0. The molecule has 1 aliphatic rings. The molecular formula is C22H19F4N5O. The average molecular weight is 445 g/mol. The van der Waals surface area contributed by atoms with Gasteiger partial charge in [0, 0.05) is 29.4 Å². The van der Waals surface area contributed by atoms with Crippen molar-refractivity contribution in [2.45, 2.75) is 44.4 Å². The molecule has 0 unspecified atom stereocenters. The topological polar surface area (TPSA) is 64.2 Å². The predicted octanol–water partition coefficient (Wildman–Crippen LogP) is 4.88. The number of rotatable bonds is 4. The van der Waals surface area contributed by atoms with E-state index in [1.165, 1.54) is 28.9 Å². The van der Waals surface area contributed by atoms with Gasteiger partial charge in [-0.1, -0.05) is 12.1 Å². The van der Waals surface area contributed by atoms with Gasteiger partial charge in [0.15, 0.2) is 5.65 Å². The SMILES string of the molecule is C[C@@H](Nc1nc2ccnn2c2cc(=O)n(C3(C)CC3)cc12)c1cccc(C(F)(F)F)c1F. The predicted molar refractivity (Wildman–Crippen MR) is 111 cm³/mol. The normalized spacial score (nSPS) is 16.4. The Balaban J connectivity index is 1.65. The van der Waals surface area contributed by atoms with E-state index < -0.39 is 23.6 Å². The number of nitrogens with one attached hydrogen (secondary N) is 1. The summed E-state index contributed by atoms with van der Waals surface area (Å²) in [5.74, 6) is -0.993. The van der Waals surface area contributed by atoms with Crippen LogP contribution in [0.1, 0.15) is 43.9 Å². The van der Waals surface area contributed by atoms with E-state index in [1.807, 2.05) is 6.92 Å². The van der Waals surface area contributed by atoms with Gasteiger partial charge in [0.2, 0.25) is 0 Å². The maximum absolute atomic E-state index is 14.7. The number of benzene rings is 1. The molecule has 1 saturated carbocycles. The maximum Gasteiger partial charge on any atom is 0.419 e. The third-order valence-electron chi connectivity index (χ3n) is 6.07. The first-order valence-electron chi connectivity index (χ1n) is 10.1. The Morgan fingerprint density at radius 2 is 1.97 bits per heavy atom. The van der Waals surface area contributed by atoms with Gasteiger partial charge in [-0.3, -0.25) is 4.79 Å². The Hall–Kier alpha value is -3.43. The smallest absolute Gasteiger partial charge is 0.363 e. The van der Waals surface area contributed by atoms with Crippen LogP contribution in [-0.2, 0) is 11.7 Å². The van der Waals surface area contributed by atoms with Gasteiger partial charge in [0.25, 0.3) is 5.56 Å². The Bertz CT molecular complexity index is 1420. The number of aromatic nitrogens is 4. The molecule has 166 valence electrons. The molecule has 4 aromatic rings. The molecule has 5 rings (SSSR count). The molecule has 0 saturated heterocycles. The highest BCUT2D eigenvalue weighted by Crippen LogP contribution is 2.42. The number of anilines is 1. The van der Waals surface area contributed by atoms with Crippen molar-refractivity contribution in [1.29, 1.82) is 0 Å². The van der Waals surface area contributed by atoms with E-state index in [0.717, 1.165) is 12.8 Å². The van der Waals surface area contributed by atoms with Crippen LogP contribution in [0.3, 0.4) is 0 Å². The van der Waals surface area contributed by atoms with E-state index in [9.17, 15) is 22.4 Å². The molecule has 0 amide bonds. The van der Waals surface area contributed by atoms with Gasteiger partial charge in [-0.15, -0.1) is 0 Å². The number of halogens is 4. The van der Waals surface area contributed by atoms with Crippen molar-refractivity contribution < 1.29 is 17.6 Å². The lowest BCUT2D eigenvalue weighted by Gasteiger charge is -2.20. The summed E-state index contributed by atoms with van der Waals surface area (Å²) in [5.41, 5.74) is -0.950. The lowest BCUT2D eigenvalue weighted by Crippen LogP contribution is -2.27. The summed E-state index contributed by atoms with van der Waals surface area (Å²) in [6, 6.07) is 5.50. The second-order valence-electron chi connectivity index (χ2n) is 8.41. The van der Waals surface area contributed by atoms with Crippen molar-refractivity contribution in [1.82, 2.24) is 19.2 Å². The molecule has 3 aromatic heterocycles. The Morgan fingerprint density at radius 1 is 1.22 bits per heavy atom. The fourth-order valence-corrected chi connectivity index (χ4v) is 3.96. The van der Waals surface area contributed by atoms with Crippen LogP contribution >= 0.6 is 0 Å². The maximum atomic E-state index is 14.7. The first-order valence-corrected chi connectivity index (χ1v) is 10.1. The monoisotopic (exact) mass is 445 g/mol. The van der Waals surface area contributed by atoms with Crippen LogP contribution in [0.15, 0.2) is 47.5 Å². The number of nitrogens with zero attached hydrogens (tertiary/aromatic N) is 4. The highest BCUT2D eigenvalue weighted by molar-refractivity contribution is 5.90. The zero-order chi connectivity index (χ0) is 22.8. The summed E-state index contributed by atoms with van der Waals surface area (Å²) in [4.78, 5) is 17.3. The van der Waals surface area contributed by atoms with Crippen molar-refractivity contribution in [2.24, 2.45) is 0 Å². The van der Waals surface area contributed by atoms with Crippen LogP contribution in [0, 0.1) is 5.82 Å².